The Morgan fingerprint density at radius 2 is 0.913 bits per heavy atom. The molecule has 5 aromatic carbocycles. The van der Waals surface area contributed by atoms with Gasteiger partial charge in [0.15, 0.2) is 0 Å². The second-order valence-electron chi connectivity index (χ2n) is 11.4. The summed E-state index contributed by atoms with van der Waals surface area (Å²) >= 11 is 0. The molecule has 0 aliphatic rings. The number of carbonyl (C=O) groups excluding carboxylic acids is 2. The van der Waals surface area contributed by atoms with Gasteiger partial charge in [0.1, 0.15) is 11.6 Å². The van der Waals surface area contributed by atoms with Crippen LogP contribution in [0.2, 0.25) is 0 Å². The molecule has 0 aliphatic heterocycles. The van der Waals surface area contributed by atoms with Crippen molar-refractivity contribution >= 4 is 45.3 Å². The summed E-state index contributed by atoms with van der Waals surface area (Å²) < 4.78 is 4.11. The molecular formula is C38H32N6O2. The number of fused-ring (bicyclic) bond motifs is 2. The first-order valence-electron chi connectivity index (χ1n) is 15.0. The zero-order chi connectivity index (χ0) is 31.9. The molecule has 0 atom stereocenters. The lowest BCUT2D eigenvalue weighted by atomic mass is 10.1. The number of para-hydroxylation sites is 4. The molecule has 0 spiro atoms. The highest BCUT2D eigenvalue weighted by Crippen LogP contribution is 2.29. The smallest absolute Gasteiger partial charge is 0.258 e. The number of imidazole rings is 2. The first-order chi connectivity index (χ1) is 22.3. The topological polar surface area (TPSA) is 76.3 Å². The van der Waals surface area contributed by atoms with Crippen molar-refractivity contribution in [2.75, 3.05) is 23.9 Å². The van der Waals surface area contributed by atoms with Crippen LogP contribution in [0.3, 0.4) is 0 Å². The van der Waals surface area contributed by atoms with Crippen LogP contribution in [0.15, 0.2) is 121 Å². The predicted molar refractivity (Wildman–Crippen MR) is 184 cm³/mol. The van der Waals surface area contributed by atoms with Gasteiger partial charge in [-0.3, -0.25) is 9.59 Å². The van der Waals surface area contributed by atoms with Crippen LogP contribution in [0.5, 0.6) is 0 Å². The maximum absolute atomic E-state index is 13.5. The van der Waals surface area contributed by atoms with Gasteiger partial charge in [0, 0.05) is 61.8 Å². The van der Waals surface area contributed by atoms with Gasteiger partial charge in [0.25, 0.3) is 11.8 Å². The molecule has 0 fully saturated rings. The number of aromatic nitrogens is 4. The van der Waals surface area contributed by atoms with Gasteiger partial charge < -0.3 is 18.9 Å². The third-order valence-corrected chi connectivity index (χ3v) is 8.55. The number of anilines is 2. The summed E-state index contributed by atoms with van der Waals surface area (Å²) in [7, 11) is 7.48. The van der Waals surface area contributed by atoms with E-state index in [4.69, 9.17) is 9.97 Å². The Morgan fingerprint density at radius 3 is 1.30 bits per heavy atom. The molecule has 8 nitrogen and oxygen atoms in total. The lowest BCUT2D eigenvalue weighted by Gasteiger charge is -2.20. The van der Waals surface area contributed by atoms with E-state index in [9.17, 15) is 9.59 Å². The average molecular weight is 605 g/mol. The molecule has 0 N–H and O–H groups in total. The molecule has 7 aromatic rings. The number of amides is 2. The van der Waals surface area contributed by atoms with Gasteiger partial charge in [-0.1, -0.05) is 48.5 Å². The molecule has 0 bridgehead atoms. The molecule has 2 aromatic heterocycles. The molecule has 0 saturated heterocycles. The van der Waals surface area contributed by atoms with E-state index in [2.05, 4.69) is 9.13 Å². The van der Waals surface area contributed by atoms with Crippen LogP contribution < -0.4 is 9.80 Å². The number of hydrogen-bond donors (Lipinski definition) is 0. The normalized spacial score (nSPS) is 11.2. The van der Waals surface area contributed by atoms with E-state index in [0.717, 1.165) is 56.2 Å². The van der Waals surface area contributed by atoms with Crippen molar-refractivity contribution in [2.24, 2.45) is 14.1 Å². The molecule has 0 saturated carbocycles. The van der Waals surface area contributed by atoms with Gasteiger partial charge in [-0.05, 0) is 72.8 Å². The van der Waals surface area contributed by atoms with Gasteiger partial charge in [-0.2, -0.15) is 0 Å². The van der Waals surface area contributed by atoms with Crippen LogP contribution in [0.4, 0.5) is 11.4 Å². The maximum Gasteiger partial charge on any atom is 0.258 e. The minimum atomic E-state index is -0.176. The summed E-state index contributed by atoms with van der Waals surface area (Å²) in [6, 6.07) is 38.4. The molecule has 8 heteroatoms. The molecule has 2 amide bonds. The van der Waals surface area contributed by atoms with E-state index >= 15 is 0 Å². The summed E-state index contributed by atoms with van der Waals surface area (Å²) in [6.07, 6.45) is 0. The monoisotopic (exact) mass is 604 g/mol. The maximum atomic E-state index is 13.5. The van der Waals surface area contributed by atoms with E-state index in [1.165, 1.54) is 0 Å². The fourth-order valence-corrected chi connectivity index (χ4v) is 5.89. The summed E-state index contributed by atoms with van der Waals surface area (Å²) in [4.78, 5) is 39.8. The predicted octanol–water partition coefficient (Wildman–Crippen LogP) is 7.35. The number of aryl methyl sites for hydroxylation is 2. The van der Waals surface area contributed by atoms with Crippen molar-refractivity contribution in [1.29, 1.82) is 0 Å². The minimum Gasteiger partial charge on any atom is -0.327 e. The lowest BCUT2D eigenvalue weighted by Crippen LogP contribution is -2.27. The summed E-state index contributed by atoms with van der Waals surface area (Å²) in [5.74, 6) is 1.30. The Kier molecular flexibility index (Phi) is 7.17. The second-order valence-corrected chi connectivity index (χ2v) is 11.4. The number of rotatable bonds is 6. The van der Waals surface area contributed by atoms with Crippen molar-refractivity contribution in [2.45, 2.75) is 0 Å². The molecule has 0 aliphatic carbocycles. The molecule has 226 valence electrons. The van der Waals surface area contributed by atoms with Crippen LogP contribution in [-0.2, 0) is 14.1 Å². The SMILES string of the molecule is CN(C(=O)c1ccc(C(=O)N(C)c2cccc(-c3nc4ccccc4n3C)c2)cc1)c1cccc(-c2nc3ccccc3n2C)c1. The van der Waals surface area contributed by atoms with Crippen molar-refractivity contribution in [3.05, 3.63) is 132 Å². The average Bonchev–Trinajstić information content (AvgIpc) is 3.63. The van der Waals surface area contributed by atoms with Crippen LogP contribution in [0.1, 0.15) is 20.7 Å². The zero-order valence-corrected chi connectivity index (χ0v) is 26.0. The minimum absolute atomic E-state index is 0.176. The highest BCUT2D eigenvalue weighted by Gasteiger charge is 2.19. The van der Waals surface area contributed by atoms with Crippen molar-refractivity contribution in [1.82, 2.24) is 19.1 Å². The Balaban J connectivity index is 1.08. The standard InChI is InChI=1S/C38H32N6O2/c1-41(29-13-9-11-27(23-29)35-39-31-15-5-7-17-33(31)43(35)3)37(45)25-19-21-26(22-20-25)38(46)42(2)30-14-10-12-28(24-30)36-40-32-16-6-8-18-34(32)44(36)4/h5-24H,1-4H3. The highest BCUT2D eigenvalue weighted by molar-refractivity contribution is 6.09. The fourth-order valence-electron chi connectivity index (χ4n) is 5.89. The van der Waals surface area contributed by atoms with Gasteiger partial charge in [0.05, 0.1) is 22.1 Å². The third kappa shape index (κ3) is 4.99. The number of nitrogens with zero attached hydrogens (tertiary/aromatic N) is 6. The number of carbonyl (C=O) groups is 2. The first kappa shape index (κ1) is 28.7. The first-order valence-corrected chi connectivity index (χ1v) is 15.0. The molecule has 46 heavy (non-hydrogen) atoms. The molecular weight excluding hydrogens is 572 g/mol. The summed E-state index contributed by atoms with van der Waals surface area (Å²) in [5.41, 5.74) is 8.22. The van der Waals surface area contributed by atoms with Crippen molar-refractivity contribution in [3.8, 4) is 22.8 Å². The van der Waals surface area contributed by atoms with Gasteiger partial charge >= 0.3 is 0 Å². The third-order valence-electron chi connectivity index (χ3n) is 8.55. The number of benzene rings is 5. The van der Waals surface area contributed by atoms with Crippen LogP contribution in [-0.4, -0.2) is 45.0 Å². The van der Waals surface area contributed by atoms with Gasteiger partial charge in [-0.15, -0.1) is 0 Å². The summed E-state index contributed by atoms with van der Waals surface area (Å²) in [5, 5.41) is 0. The zero-order valence-electron chi connectivity index (χ0n) is 26.0. The van der Waals surface area contributed by atoms with Crippen molar-refractivity contribution in [3.63, 3.8) is 0 Å². The second kappa shape index (κ2) is 11.5. The van der Waals surface area contributed by atoms with Crippen LogP contribution >= 0.6 is 0 Å². The Morgan fingerprint density at radius 1 is 0.522 bits per heavy atom. The molecule has 7 rings (SSSR count). The van der Waals surface area contributed by atoms with Crippen LogP contribution in [0, 0.1) is 0 Å². The Bertz CT molecular complexity index is 2100. The van der Waals surface area contributed by atoms with E-state index in [-0.39, 0.29) is 11.8 Å². The van der Waals surface area contributed by atoms with Crippen LogP contribution in [0.25, 0.3) is 44.8 Å². The summed E-state index contributed by atoms with van der Waals surface area (Å²) in [6.45, 7) is 0. The Hall–Kier alpha value is -6.02. The fraction of sp³-hybridized carbons (Fsp3) is 0.105. The van der Waals surface area contributed by atoms with Crippen molar-refractivity contribution < 1.29 is 9.59 Å². The molecule has 0 unspecified atom stereocenters. The van der Waals surface area contributed by atoms with E-state index < -0.39 is 0 Å². The van der Waals surface area contributed by atoms with E-state index in [0.29, 0.717) is 11.1 Å². The Labute approximate surface area is 266 Å². The van der Waals surface area contributed by atoms with Gasteiger partial charge in [0.2, 0.25) is 0 Å². The van der Waals surface area contributed by atoms with E-state index in [1.54, 1.807) is 48.2 Å². The van der Waals surface area contributed by atoms with E-state index in [1.807, 2.05) is 111 Å². The van der Waals surface area contributed by atoms with Gasteiger partial charge in [-0.25, -0.2) is 9.97 Å². The number of hydrogen-bond acceptors (Lipinski definition) is 4. The molecule has 0 radical (unpaired) electrons. The largest absolute Gasteiger partial charge is 0.327 e. The molecule has 2 heterocycles. The highest BCUT2D eigenvalue weighted by atomic mass is 16.2. The quantitative estimate of drug-likeness (QED) is 0.199. The lowest BCUT2D eigenvalue weighted by molar-refractivity contribution is 0.0982.